The van der Waals surface area contributed by atoms with Crippen LogP contribution in [0.15, 0.2) is 47.4 Å². The minimum Gasteiger partial charge on any atom is -0.497 e. The summed E-state index contributed by atoms with van der Waals surface area (Å²) in [5, 5.41) is 3.13. The minimum absolute atomic E-state index is 0.103. The van der Waals surface area contributed by atoms with Crippen molar-refractivity contribution in [1.29, 1.82) is 0 Å². The smallest absolute Gasteiger partial charge is 0.246 e. The van der Waals surface area contributed by atoms with Crippen LogP contribution in [-0.4, -0.2) is 76.1 Å². The Hall–Kier alpha value is -2.46. The summed E-state index contributed by atoms with van der Waals surface area (Å²) in [5.41, 5.74) is 2.39. The maximum atomic E-state index is 13.6. The second-order valence-corrected chi connectivity index (χ2v) is 11.9. The van der Waals surface area contributed by atoms with Gasteiger partial charge in [-0.3, -0.25) is 4.79 Å². The number of sulfonamides is 1. The first-order valence-electron chi connectivity index (χ1n) is 13.1. The van der Waals surface area contributed by atoms with Crippen LogP contribution in [-0.2, 0) is 19.6 Å². The molecule has 2 unspecified atom stereocenters. The number of benzene rings is 2. The van der Waals surface area contributed by atoms with Gasteiger partial charge in [0.25, 0.3) is 0 Å². The van der Waals surface area contributed by atoms with Crippen LogP contribution >= 0.6 is 0 Å². The van der Waals surface area contributed by atoms with Crippen LogP contribution < -0.4 is 10.1 Å². The van der Waals surface area contributed by atoms with Gasteiger partial charge in [-0.1, -0.05) is 30.3 Å². The lowest BCUT2D eigenvalue weighted by Crippen LogP contribution is -2.41. The second-order valence-electron chi connectivity index (χ2n) is 10.1. The molecule has 0 bridgehead atoms. The Morgan fingerprint density at radius 3 is 2.38 bits per heavy atom. The molecule has 8 nitrogen and oxygen atoms in total. The van der Waals surface area contributed by atoms with E-state index in [4.69, 9.17) is 9.47 Å². The maximum absolute atomic E-state index is 13.6. The molecule has 1 N–H and O–H groups in total. The normalized spacial score (nSPS) is 19.7. The Kier molecular flexibility index (Phi) is 9.23. The van der Waals surface area contributed by atoms with Gasteiger partial charge in [0.2, 0.25) is 15.9 Å². The molecule has 0 spiro atoms. The molecule has 0 radical (unpaired) electrons. The van der Waals surface area contributed by atoms with Crippen molar-refractivity contribution in [2.24, 2.45) is 0 Å². The van der Waals surface area contributed by atoms with Crippen molar-refractivity contribution < 1.29 is 22.7 Å². The monoisotopic (exact) mass is 529 g/mol. The van der Waals surface area contributed by atoms with Gasteiger partial charge in [0.05, 0.1) is 24.7 Å². The van der Waals surface area contributed by atoms with Gasteiger partial charge in [0, 0.05) is 19.1 Å². The van der Waals surface area contributed by atoms with Crippen molar-refractivity contribution in [2.45, 2.75) is 56.5 Å². The van der Waals surface area contributed by atoms with Gasteiger partial charge in [0.1, 0.15) is 12.4 Å². The second kappa shape index (κ2) is 12.4. The third kappa shape index (κ3) is 6.71. The number of hydrogen-bond donors (Lipinski definition) is 1. The average Bonchev–Trinajstić information content (AvgIpc) is 3.56. The minimum atomic E-state index is -3.70. The van der Waals surface area contributed by atoms with Crippen LogP contribution in [0.4, 0.5) is 0 Å². The van der Waals surface area contributed by atoms with Crippen molar-refractivity contribution in [3.8, 4) is 5.75 Å². The standard InChI is InChI=1S/C28H39N3O5S/c1-21-16-25(35-3)17-22(2)28(21)37(33,34)31-15-9-12-24(31)19-36-20-27(32)29-26(18-30-13-7-8-14-30)23-10-5-4-6-11-23/h4-6,10-11,16-17,24,26H,7-9,12-15,18-20H2,1-3H3,(H,29,32). The van der Waals surface area contributed by atoms with Crippen LogP contribution in [0.2, 0.25) is 0 Å². The highest BCUT2D eigenvalue weighted by Gasteiger charge is 2.37. The Bertz CT molecular complexity index is 1140. The third-order valence-electron chi connectivity index (χ3n) is 7.28. The lowest BCUT2D eigenvalue weighted by Gasteiger charge is -2.26. The molecule has 2 fully saturated rings. The van der Waals surface area contributed by atoms with Crippen molar-refractivity contribution in [1.82, 2.24) is 14.5 Å². The summed E-state index contributed by atoms with van der Waals surface area (Å²) >= 11 is 0. The fourth-order valence-corrected chi connectivity index (χ4v) is 7.61. The number of amides is 1. The molecular weight excluding hydrogens is 490 g/mol. The first-order valence-corrected chi connectivity index (χ1v) is 14.5. The lowest BCUT2D eigenvalue weighted by molar-refractivity contribution is -0.127. The summed E-state index contributed by atoms with van der Waals surface area (Å²) in [6.07, 6.45) is 3.85. The van der Waals surface area contributed by atoms with Gasteiger partial charge in [0.15, 0.2) is 0 Å². The predicted octanol–water partition coefficient (Wildman–Crippen LogP) is 3.44. The molecule has 0 saturated carbocycles. The van der Waals surface area contributed by atoms with E-state index >= 15 is 0 Å². The van der Waals surface area contributed by atoms with E-state index in [-0.39, 0.29) is 31.2 Å². The summed E-state index contributed by atoms with van der Waals surface area (Å²) in [6.45, 7) is 6.98. The van der Waals surface area contributed by atoms with Crippen molar-refractivity contribution in [2.75, 3.05) is 46.5 Å². The van der Waals surface area contributed by atoms with Gasteiger partial charge < -0.3 is 19.7 Å². The summed E-state index contributed by atoms with van der Waals surface area (Å²) in [7, 11) is -2.13. The molecule has 0 aromatic heterocycles. The number of carbonyl (C=O) groups excluding carboxylic acids is 1. The Balaban J connectivity index is 1.36. The van der Waals surface area contributed by atoms with E-state index in [2.05, 4.69) is 10.2 Å². The quantitative estimate of drug-likeness (QED) is 0.480. The van der Waals surface area contributed by atoms with E-state index in [9.17, 15) is 13.2 Å². The van der Waals surface area contributed by atoms with E-state index < -0.39 is 10.0 Å². The molecule has 37 heavy (non-hydrogen) atoms. The Morgan fingerprint density at radius 2 is 1.73 bits per heavy atom. The highest BCUT2D eigenvalue weighted by molar-refractivity contribution is 7.89. The predicted molar refractivity (Wildman–Crippen MR) is 143 cm³/mol. The van der Waals surface area contributed by atoms with E-state index in [1.54, 1.807) is 33.1 Å². The number of aryl methyl sites for hydroxylation is 2. The van der Waals surface area contributed by atoms with Gasteiger partial charge in [-0.15, -0.1) is 0 Å². The zero-order valence-electron chi connectivity index (χ0n) is 22.1. The highest BCUT2D eigenvalue weighted by atomic mass is 32.2. The molecule has 9 heteroatoms. The van der Waals surface area contributed by atoms with E-state index in [1.165, 1.54) is 17.1 Å². The molecule has 2 aliphatic heterocycles. The number of hydrogen-bond acceptors (Lipinski definition) is 6. The molecule has 2 aromatic carbocycles. The fraction of sp³-hybridized carbons (Fsp3) is 0.536. The van der Waals surface area contributed by atoms with Gasteiger partial charge in [-0.05, 0) is 81.4 Å². The number of nitrogens with zero attached hydrogens (tertiary/aromatic N) is 2. The summed E-state index contributed by atoms with van der Waals surface area (Å²) < 4.78 is 39.8. The number of nitrogens with one attached hydrogen (secondary N) is 1. The largest absolute Gasteiger partial charge is 0.497 e. The average molecular weight is 530 g/mol. The number of likely N-dealkylation sites (tertiary alicyclic amines) is 1. The molecule has 2 saturated heterocycles. The number of carbonyl (C=O) groups is 1. The Labute approximate surface area is 221 Å². The number of methoxy groups -OCH3 is 1. The summed E-state index contributed by atoms with van der Waals surface area (Å²) in [5.74, 6) is 0.446. The number of rotatable bonds is 11. The topological polar surface area (TPSA) is 88.2 Å². The molecule has 1 amide bonds. The first-order chi connectivity index (χ1) is 17.8. The van der Waals surface area contributed by atoms with Crippen molar-refractivity contribution >= 4 is 15.9 Å². The molecule has 202 valence electrons. The fourth-order valence-electron chi connectivity index (χ4n) is 5.51. The van der Waals surface area contributed by atoms with E-state index in [0.29, 0.717) is 34.7 Å². The van der Waals surface area contributed by atoms with Crippen molar-refractivity contribution in [3.05, 3.63) is 59.2 Å². The van der Waals surface area contributed by atoms with E-state index in [1.807, 2.05) is 30.3 Å². The highest BCUT2D eigenvalue weighted by Crippen LogP contribution is 2.32. The molecule has 2 aromatic rings. The van der Waals surface area contributed by atoms with Crippen LogP contribution in [0, 0.1) is 13.8 Å². The zero-order chi connectivity index (χ0) is 26.4. The Morgan fingerprint density at radius 1 is 1.05 bits per heavy atom. The van der Waals surface area contributed by atoms with Gasteiger partial charge >= 0.3 is 0 Å². The SMILES string of the molecule is COc1cc(C)c(S(=O)(=O)N2CCCC2COCC(=O)NC(CN2CCCC2)c2ccccc2)c(C)c1. The summed E-state index contributed by atoms with van der Waals surface area (Å²) in [4.78, 5) is 15.5. The van der Waals surface area contributed by atoms with Gasteiger partial charge in [-0.25, -0.2) is 8.42 Å². The molecular formula is C28H39N3O5S. The molecule has 2 heterocycles. The molecule has 2 atom stereocenters. The zero-order valence-corrected chi connectivity index (χ0v) is 22.9. The summed E-state index contributed by atoms with van der Waals surface area (Å²) in [6, 6.07) is 13.1. The van der Waals surface area contributed by atoms with Crippen LogP contribution in [0.5, 0.6) is 5.75 Å². The van der Waals surface area contributed by atoms with Crippen LogP contribution in [0.25, 0.3) is 0 Å². The lowest BCUT2D eigenvalue weighted by atomic mass is 10.1. The van der Waals surface area contributed by atoms with Crippen LogP contribution in [0.1, 0.15) is 48.4 Å². The van der Waals surface area contributed by atoms with Crippen LogP contribution in [0.3, 0.4) is 0 Å². The molecule has 4 rings (SSSR count). The maximum Gasteiger partial charge on any atom is 0.246 e. The van der Waals surface area contributed by atoms with Crippen molar-refractivity contribution in [3.63, 3.8) is 0 Å². The first kappa shape index (κ1) is 27.6. The van der Waals surface area contributed by atoms with Gasteiger partial charge in [-0.2, -0.15) is 4.31 Å². The third-order valence-corrected chi connectivity index (χ3v) is 9.54. The van der Waals surface area contributed by atoms with E-state index in [0.717, 1.165) is 31.6 Å². The number of ether oxygens (including phenoxy) is 2. The molecule has 2 aliphatic rings. The molecule has 0 aliphatic carbocycles.